The Morgan fingerprint density at radius 1 is 1.48 bits per heavy atom. The molecule has 0 radical (unpaired) electrons. The normalized spacial score (nSPS) is 20.7. The third-order valence-electron chi connectivity index (χ3n) is 3.90. The largest absolute Gasteiger partial charge is 0.465 e. The van der Waals surface area contributed by atoms with Crippen molar-refractivity contribution in [3.63, 3.8) is 0 Å². The van der Waals surface area contributed by atoms with Crippen LogP contribution in [-0.4, -0.2) is 52.0 Å². The molecule has 2 aliphatic rings. The first-order valence-corrected chi connectivity index (χ1v) is 7.39. The Hall–Kier alpha value is -1.89. The molecular formula is C14H20N4O3. The standard InChI is InChI=1S/C14H20N4O3/c1-2-21-13(19)7-18(9-3-4-9)14(20)11-5-10-12(6-15-11)17-8-16-10/h8-9,11,15H,2-7H2,1H3,(H,16,17). The maximum atomic E-state index is 12.7. The van der Waals surface area contributed by atoms with Gasteiger partial charge in [-0.1, -0.05) is 0 Å². The molecule has 21 heavy (non-hydrogen) atoms. The van der Waals surface area contributed by atoms with E-state index in [2.05, 4.69) is 15.3 Å². The average molecular weight is 292 g/mol. The summed E-state index contributed by atoms with van der Waals surface area (Å²) in [5, 5.41) is 3.21. The van der Waals surface area contributed by atoms with Gasteiger partial charge in [-0.2, -0.15) is 0 Å². The van der Waals surface area contributed by atoms with E-state index in [9.17, 15) is 9.59 Å². The van der Waals surface area contributed by atoms with E-state index in [-0.39, 0.29) is 30.5 Å². The highest BCUT2D eigenvalue weighted by molar-refractivity contribution is 5.86. The lowest BCUT2D eigenvalue weighted by Crippen LogP contribution is -2.51. The van der Waals surface area contributed by atoms with E-state index in [4.69, 9.17) is 4.74 Å². The van der Waals surface area contributed by atoms with Gasteiger partial charge in [0.2, 0.25) is 5.91 Å². The van der Waals surface area contributed by atoms with E-state index in [1.54, 1.807) is 18.2 Å². The lowest BCUT2D eigenvalue weighted by atomic mass is 10.0. The first-order chi connectivity index (χ1) is 10.2. The summed E-state index contributed by atoms with van der Waals surface area (Å²) in [5.41, 5.74) is 1.96. The number of amides is 1. The quantitative estimate of drug-likeness (QED) is 0.745. The molecule has 1 saturated carbocycles. The van der Waals surface area contributed by atoms with Gasteiger partial charge in [0.15, 0.2) is 0 Å². The SMILES string of the molecule is CCOC(=O)CN(C(=O)C1Cc2nc[nH]c2CN1)C1CC1. The highest BCUT2D eigenvalue weighted by Gasteiger charge is 2.38. The van der Waals surface area contributed by atoms with E-state index >= 15 is 0 Å². The van der Waals surface area contributed by atoms with Gasteiger partial charge in [0, 0.05) is 19.0 Å². The summed E-state index contributed by atoms with van der Waals surface area (Å²) >= 11 is 0. The van der Waals surface area contributed by atoms with Gasteiger partial charge in [-0.05, 0) is 19.8 Å². The molecule has 1 atom stereocenters. The molecule has 1 aromatic heterocycles. The number of aromatic nitrogens is 2. The third-order valence-corrected chi connectivity index (χ3v) is 3.90. The molecule has 1 aliphatic heterocycles. The Kier molecular flexibility index (Phi) is 3.92. The minimum atomic E-state index is -0.339. The van der Waals surface area contributed by atoms with Gasteiger partial charge >= 0.3 is 5.97 Å². The molecule has 1 aliphatic carbocycles. The summed E-state index contributed by atoms with van der Waals surface area (Å²) in [6.45, 7) is 2.75. The van der Waals surface area contributed by atoms with E-state index in [1.165, 1.54) is 0 Å². The van der Waals surface area contributed by atoms with Crippen LogP contribution in [0.2, 0.25) is 0 Å². The summed E-state index contributed by atoms with van der Waals surface area (Å²) in [6, 6.07) is -0.125. The number of hydrogen-bond acceptors (Lipinski definition) is 5. The zero-order valence-corrected chi connectivity index (χ0v) is 12.1. The van der Waals surface area contributed by atoms with Gasteiger partial charge in [0.05, 0.1) is 30.4 Å². The summed E-state index contributed by atoms with van der Waals surface area (Å²) in [4.78, 5) is 33.3. The molecular weight excluding hydrogens is 272 g/mol. The Morgan fingerprint density at radius 3 is 3.00 bits per heavy atom. The molecule has 1 fully saturated rings. The molecule has 1 amide bonds. The average Bonchev–Trinajstić information content (AvgIpc) is 3.21. The molecule has 2 N–H and O–H groups in total. The number of fused-ring (bicyclic) bond motifs is 1. The summed E-state index contributed by atoms with van der Waals surface area (Å²) < 4.78 is 4.96. The zero-order chi connectivity index (χ0) is 14.8. The van der Waals surface area contributed by atoms with Gasteiger partial charge < -0.3 is 14.6 Å². The highest BCUT2D eigenvalue weighted by Crippen LogP contribution is 2.28. The Labute approximate surface area is 123 Å². The minimum Gasteiger partial charge on any atom is -0.465 e. The van der Waals surface area contributed by atoms with Crippen molar-refractivity contribution in [2.75, 3.05) is 13.2 Å². The van der Waals surface area contributed by atoms with Crippen LogP contribution >= 0.6 is 0 Å². The Morgan fingerprint density at radius 2 is 2.29 bits per heavy atom. The van der Waals surface area contributed by atoms with Crippen molar-refractivity contribution in [1.82, 2.24) is 20.2 Å². The summed E-state index contributed by atoms with van der Waals surface area (Å²) in [5.74, 6) is -0.367. The van der Waals surface area contributed by atoms with Crippen molar-refractivity contribution in [2.24, 2.45) is 0 Å². The first-order valence-electron chi connectivity index (χ1n) is 7.39. The first kappa shape index (κ1) is 14.1. The van der Waals surface area contributed by atoms with Gasteiger partial charge in [0.1, 0.15) is 6.54 Å². The van der Waals surface area contributed by atoms with Gasteiger partial charge in [-0.25, -0.2) is 4.98 Å². The van der Waals surface area contributed by atoms with Gasteiger partial charge in [0.25, 0.3) is 0 Å². The Bertz CT molecular complexity index is 538. The minimum absolute atomic E-state index is 0.0285. The number of ether oxygens (including phenoxy) is 1. The molecule has 114 valence electrons. The molecule has 7 nitrogen and oxygen atoms in total. The van der Waals surface area contributed by atoms with E-state index in [0.29, 0.717) is 19.6 Å². The van der Waals surface area contributed by atoms with Crippen molar-refractivity contribution in [3.8, 4) is 0 Å². The fourth-order valence-corrected chi connectivity index (χ4v) is 2.66. The Balaban J connectivity index is 1.66. The van der Waals surface area contributed by atoms with Crippen LogP contribution in [0.5, 0.6) is 0 Å². The van der Waals surface area contributed by atoms with Crippen molar-refractivity contribution >= 4 is 11.9 Å². The predicted molar refractivity (Wildman–Crippen MR) is 74.3 cm³/mol. The lowest BCUT2D eigenvalue weighted by Gasteiger charge is -2.29. The van der Waals surface area contributed by atoms with E-state index < -0.39 is 0 Å². The fourth-order valence-electron chi connectivity index (χ4n) is 2.66. The van der Waals surface area contributed by atoms with Crippen molar-refractivity contribution in [3.05, 3.63) is 17.7 Å². The number of nitrogens with zero attached hydrogens (tertiary/aromatic N) is 2. The number of rotatable bonds is 5. The smallest absolute Gasteiger partial charge is 0.325 e. The number of aromatic amines is 1. The number of hydrogen-bond donors (Lipinski definition) is 2. The highest BCUT2D eigenvalue weighted by atomic mass is 16.5. The van der Waals surface area contributed by atoms with E-state index in [1.807, 2.05) is 0 Å². The number of carbonyl (C=O) groups excluding carboxylic acids is 2. The molecule has 3 rings (SSSR count). The number of imidazole rings is 1. The van der Waals surface area contributed by atoms with Crippen LogP contribution in [0.1, 0.15) is 31.2 Å². The summed E-state index contributed by atoms with van der Waals surface area (Å²) in [6.07, 6.45) is 4.14. The maximum absolute atomic E-state index is 12.7. The monoisotopic (exact) mass is 292 g/mol. The second-order valence-electron chi connectivity index (χ2n) is 5.47. The molecule has 2 heterocycles. The third kappa shape index (κ3) is 3.07. The van der Waals surface area contributed by atoms with Crippen LogP contribution in [0.15, 0.2) is 6.33 Å². The molecule has 0 bridgehead atoms. The number of carbonyl (C=O) groups is 2. The molecule has 1 aromatic rings. The van der Waals surface area contributed by atoms with Crippen LogP contribution in [0.4, 0.5) is 0 Å². The van der Waals surface area contributed by atoms with Crippen LogP contribution in [0.3, 0.4) is 0 Å². The van der Waals surface area contributed by atoms with Crippen molar-refractivity contribution in [1.29, 1.82) is 0 Å². The maximum Gasteiger partial charge on any atom is 0.325 e. The second kappa shape index (κ2) is 5.85. The lowest BCUT2D eigenvalue weighted by molar-refractivity contribution is -0.150. The molecule has 0 aromatic carbocycles. The number of nitrogens with one attached hydrogen (secondary N) is 2. The van der Waals surface area contributed by atoms with Gasteiger partial charge in [-0.15, -0.1) is 0 Å². The summed E-state index contributed by atoms with van der Waals surface area (Å²) in [7, 11) is 0. The molecule has 1 unspecified atom stereocenters. The van der Waals surface area contributed by atoms with Crippen molar-refractivity contribution in [2.45, 2.75) is 44.8 Å². The predicted octanol–water partition coefficient (Wildman–Crippen LogP) is -0.0219. The number of H-pyrrole nitrogens is 1. The number of esters is 1. The molecule has 7 heteroatoms. The van der Waals surface area contributed by atoms with Crippen LogP contribution in [-0.2, 0) is 27.3 Å². The van der Waals surface area contributed by atoms with Crippen LogP contribution in [0.25, 0.3) is 0 Å². The van der Waals surface area contributed by atoms with Crippen LogP contribution in [0, 0.1) is 0 Å². The van der Waals surface area contributed by atoms with Crippen molar-refractivity contribution < 1.29 is 14.3 Å². The van der Waals surface area contributed by atoms with E-state index in [0.717, 1.165) is 24.2 Å². The second-order valence-corrected chi connectivity index (χ2v) is 5.47. The van der Waals surface area contributed by atoms with Gasteiger partial charge in [-0.3, -0.25) is 14.9 Å². The topological polar surface area (TPSA) is 87.3 Å². The molecule has 0 saturated heterocycles. The zero-order valence-electron chi connectivity index (χ0n) is 12.1. The molecule has 0 spiro atoms. The van der Waals surface area contributed by atoms with Crippen LogP contribution < -0.4 is 5.32 Å². The fraction of sp³-hybridized carbons (Fsp3) is 0.643.